The Kier molecular flexibility index (Phi) is 2.53. The van der Waals surface area contributed by atoms with Crippen LogP contribution in [0.4, 0.5) is 11.4 Å². The van der Waals surface area contributed by atoms with E-state index in [1.165, 1.54) is 11.0 Å². The normalized spacial score (nSPS) is 25.5. The Hall–Kier alpha value is -2.35. The number of nitrogen functional groups attached to an aromatic ring is 1. The first kappa shape index (κ1) is 11.7. The molecule has 0 aromatic heterocycles. The van der Waals surface area contributed by atoms with Crippen molar-refractivity contribution in [1.82, 2.24) is 0 Å². The van der Waals surface area contributed by atoms with Gasteiger partial charge in [0.2, 0.25) is 11.8 Å². The van der Waals surface area contributed by atoms with E-state index in [1.54, 1.807) is 12.1 Å². The maximum Gasteiger partial charge on any atom is 0.237 e. The number of nitrogens with zero attached hydrogens (tertiary/aromatic N) is 2. The highest BCUT2D eigenvalue weighted by Gasteiger charge is 2.50. The molecule has 0 radical (unpaired) electrons. The minimum Gasteiger partial charge on any atom is -0.399 e. The summed E-state index contributed by atoms with van der Waals surface area (Å²) in [5, 5.41) is 9.12. The monoisotopic (exact) mass is 255 g/mol. The van der Waals surface area contributed by atoms with Crippen LogP contribution in [0.3, 0.4) is 0 Å². The molecule has 1 aromatic carbocycles. The zero-order valence-corrected chi connectivity index (χ0v) is 10.3. The minimum atomic E-state index is -0.198. The average molecular weight is 255 g/mol. The van der Waals surface area contributed by atoms with Crippen LogP contribution < -0.4 is 10.6 Å². The van der Waals surface area contributed by atoms with E-state index in [2.05, 4.69) is 0 Å². The fraction of sp³-hybridized carbons (Fsp3) is 0.357. The Labute approximate surface area is 110 Å². The van der Waals surface area contributed by atoms with Crippen molar-refractivity contribution >= 4 is 23.2 Å². The smallest absolute Gasteiger partial charge is 0.237 e. The van der Waals surface area contributed by atoms with Crippen LogP contribution in [0, 0.1) is 23.2 Å². The fourth-order valence-electron chi connectivity index (χ4n) is 3.07. The molecule has 0 spiro atoms. The van der Waals surface area contributed by atoms with E-state index in [0.717, 1.165) is 19.3 Å². The molecule has 2 atom stereocenters. The van der Waals surface area contributed by atoms with Crippen molar-refractivity contribution in [3.63, 3.8) is 0 Å². The number of carbonyl (C=O) groups excluding carboxylic acids is 2. The number of benzene rings is 1. The van der Waals surface area contributed by atoms with Crippen LogP contribution in [-0.2, 0) is 9.59 Å². The van der Waals surface area contributed by atoms with Gasteiger partial charge in [0.05, 0.1) is 23.1 Å². The molecule has 3 rings (SSSR count). The first-order chi connectivity index (χ1) is 9.13. The van der Waals surface area contributed by atoms with Crippen LogP contribution >= 0.6 is 0 Å². The third kappa shape index (κ3) is 1.60. The summed E-state index contributed by atoms with van der Waals surface area (Å²) in [5.74, 6) is -0.740. The SMILES string of the molecule is N#Cc1cc(N)ccc1N1C(=O)C2CCCC2C1=O. The van der Waals surface area contributed by atoms with E-state index in [-0.39, 0.29) is 29.2 Å². The summed E-state index contributed by atoms with van der Waals surface area (Å²) >= 11 is 0. The molecule has 2 unspecified atom stereocenters. The molecular formula is C14H13N3O2. The highest BCUT2D eigenvalue weighted by atomic mass is 16.2. The number of amides is 2. The van der Waals surface area contributed by atoms with Gasteiger partial charge >= 0.3 is 0 Å². The molecule has 1 saturated heterocycles. The standard InChI is InChI=1S/C14H13N3O2/c15-7-8-6-9(16)4-5-12(8)17-13(18)10-2-1-3-11(10)14(17)19/h4-6,10-11H,1-3,16H2. The van der Waals surface area contributed by atoms with Crippen molar-refractivity contribution in [2.45, 2.75) is 19.3 Å². The molecule has 1 aromatic rings. The molecule has 2 N–H and O–H groups in total. The van der Waals surface area contributed by atoms with Crippen molar-refractivity contribution in [3.05, 3.63) is 23.8 Å². The van der Waals surface area contributed by atoms with E-state index < -0.39 is 0 Å². The first-order valence-corrected chi connectivity index (χ1v) is 6.31. The highest BCUT2D eigenvalue weighted by Crippen LogP contribution is 2.42. The third-order valence-electron chi connectivity index (χ3n) is 3.97. The summed E-state index contributed by atoms with van der Waals surface area (Å²) in [4.78, 5) is 25.8. The lowest BCUT2D eigenvalue weighted by atomic mass is 10.00. The van der Waals surface area contributed by atoms with E-state index >= 15 is 0 Å². The summed E-state index contributed by atoms with van der Waals surface area (Å²) in [6.45, 7) is 0. The third-order valence-corrected chi connectivity index (χ3v) is 3.97. The maximum atomic E-state index is 12.3. The second-order valence-corrected chi connectivity index (χ2v) is 5.04. The molecule has 96 valence electrons. The average Bonchev–Trinajstić information content (AvgIpc) is 2.96. The number of fused-ring (bicyclic) bond motifs is 1. The number of anilines is 2. The Bertz CT molecular complexity index is 596. The molecule has 1 saturated carbocycles. The maximum absolute atomic E-state index is 12.3. The molecule has 2 fully saturated rings. The van der Waals surface area contributed by atoms with Gasteiger partial charge in [-0.15, -0.1) is 0 Å². The molecule has 2 aliphatic rings. The second kappa shape index (κ2) is 4.09. The zero-order chi connectivity index (χ0) is 13.6. The van der Waals surface area contributed by atoms with E-state index in [9.17, 15) is 9.59 Å². The largest absolute Gasteiger partial charge is 0.399 e. The van der Waals surface area contributed by atoms with Crippen LogP contribution in [0.5, 0.6) is 0 Å². The molecule has 2 amide bonds. The molecule has 1 heterocycles. The molecule has 5 heteroatoms. The van der Waals surface area contributed by atoms with Gasteiger partial charge in [-0.2, -0.15) is 5.26 Å². The topological polar surface area (TPSA) is 87.2 Å². The molecule has 1 aliphatic carbocycles. The summed E-state index contributed by atoms with van der Waals surface area (Å²) in [6.07, 6.45) is 2.46. The predicted octanol–water partition coefficient (Wildman–Crippen LogP) is 1.43. The van der Waals surface area contributed by atoms with Crippen molar-refractivity contribution < 1.29 is 9.59 Å². The summed E-state index contributed by atoms with van der Waals surface area (Å²) < 4.78 is 0. The molecule has 5 nitrogen and oxygen atoms in total. The van der Waals surface area contributed by atoms with Crippen molar-refractivity contribution in [2.24, 2.45) is 11.8 Å². The van der Waals surface area contributed by atoms with E-state index in [0.29, 0.717) is 11.4 Å². The lowest BCUT2D eigenvalue weighted by Gasteiger charge is -2.17. The number of imide groups is 1. The van der Waals surface area contributed by atoms with Crippen LogP contribution in [0.1, 0.15) is 24.8 Å². The van der Waals surface area contributed by atoms with Crippen LogP contribution in [-0.4, -0.2) is 11.8 Å². The van der Waals surface area contributed by atoms with Crippen molar-refractivity contribution in [1.29, 1.82) is 5.26 Å². The van der Waals surface area contributed by atoms with E-state index in [1.807, 2.05) is 6.07 Å². The number of hydrogen-bond donors (Lipinski definition) is 1. The summed E-state index contributed by atoms with van der Waals surface area (Å²) in [7, 11) is 0. The van der Waals surface area contributed by atoms with Crippen molar-refractivity contribution in [2.75, 3.05) is 10.6 Å². The number of nitrogens with two attached hydrogens (primary N) is 1. The minimum absolute atomic E-state index is 0.172. The van der Waals surface area contributed by atoms with Gasteiger partial charge in [-0.05, 0) is 31.0 Å². The quantitative estimate of drug-likeness (QED) is 0.607. The molecule has 19 heavy (non-hydrogen) atoms. The summed E-state index contributed by atoms with van der Waals surface area (Å²) in [6, 6.07) is 6.66. The highest BCUT2D eigenvalue weighted by molar-refractivity contribution is 6.22. The van der Waals surface area contributed by atoms with E-state index in [4.69, 9.17) is 11.0 Å². The Balaban J connectivity index is 2.06. The Morgan fingerprint density at radius 2 is 1.84 bits per heavy atom. The second-order valence-electron chi connectivity index (χ2n) is 5.04. The fourth-order valence-corrected chi connectivity index (χ4v) is 3.07. The van der Waals surface area contributed by atoms with Gasteiger partial charge in [-0.25, -0.2) is 4.90 Å². The zero-order valence-electron chi connectivity index (χ0n) is 10.3. The number of hydrogen-bond acceptors (Lipinski definition) is 4. The van der Waals surface area contributed by atoms with Gasteiger partial charge in [0.25, 0.3) is 0 Å². The van der Waals surface area contributed by atoms with Crippen LogP contribution in [0.25, 0.3) is 0 Å². The predicted molar refractivity (Wildman–Crippen MR) is 68.9 cm³/mol. The van der Waals surface area contributed by atoms with Gasteiger partial charge < -0.3 is 5.73 Å². The number of rotatable bonds is 1. The molecule has 0 bridgehead atoms. The number of nitriles is 1. The first-order valence-electron chi connectivity index (χ1n) is 6.31. The Morgan fingerprint density at radius 3 is 2.42 bits per heavy atom. The molecular weight excluding hydrogens is 242 g/mol. The number of carbonyl (C=O) groups is 2. The van der Waals surface area contributed by atoms with Crippen LogP contribution in [0.2, 0.25) is 0 Å². The lowest BCUT2D eigenvalue weighted by Crippen LogP contribution is -2.32. The van der Waals surface area contributed by atoms with Crippen LogP contribution in [0.15, 0.2) is 18.2 Å². The van der Waals surface area contributed by atoms with Gasteiger partial charge in [0.15, 0.2) is 0 Å². The summed E-state index contributed by atoms with van der Waals surface area (Å²) in [5.41, 5.74) is 6.70. The lowest BCUT2D eigenvalue weighted by molar-refractivity contribution is -0.122. The van der Waals surface area contributed by atoms with Gasteiger partial charge in [-0.3, -0.25) is 9.59 Å². The van der Waals surface area contributed by atoms with Gasteiger partial charge in [0, 0.05) is 5.69 Å². The molecule has 1 aliphatic heterocycles. The van der Waals surface area contributed by atoms with Gasteiger partial charge in [0.1, 0.15) is 6.07 Å². The van der Waals surface area contributed by atoms with Crippen molar-refractivity contribution in [3.8, 4) is 6.07 Å². The van der Waals surface area contributed by atoms with Gasteiger partial charge in [-0.1, -0.05) is 6.42 Å². The Morgan fingerprint density at radius 1 is 1.21 bits per heavy atom.